The maximum atomic E-state index is 5.64. The molecule has 0 unspecified atom stereocenters. The third-order valence-electron chi connectivity index (χ3n) is 3.13. The summed E-state index contributed by atoms with van der Waals surface area (Å²) < 4.78 is 0. The lowest BCUT2D eigenvalue weighted by Crippen LogP contribution is -2.27. The third-order valence-corrected chi connectivity index (χ3v) is 3.13. The van der Waals surface area contributed by atoms with Crippen LogP contribution in [0.15, 0.2) is 48.7 Å². The van der Waals surface area contributed by atoms with Gasteiger partial charge in [-0.25, -0.2) is 4.98 Å². The van der Waals surface area contributed by atoms with Gasteiger partial charge in [-0.2, -0.15) is 0 Å². The van der Waals surface area contributed by atoms with Crippen molar-refractivity contribution >= 4 is 5.82 Å². The van der Waals surface area contributed by atoms with E-state index in [9.17, 15) is 0 Å². The van der Waals surface area contributed by atoms with Crippen LogP contribution >= 0.6 is 0 Å². The molecule has 0 amide bonds. The fourth-order valence-electron chi connectivity index (χ4n) is 2.15. The molecule has 3 nitrogen and oxygen atoms in total. The number of aromatic nitrogens is 1. The van der Waals surface area contributed by atoms with E-state index in [-0.39, 0.29) is 0 Å². The lowest BCUT2D eigenvalue weighted by molar-refractivity contribution is 0.723. The molecule has 0 bridgehead atoms. The first-order valence-corrected chi connectivity index (χ1v) is 6.72. The normalized spacial score (nSPS) is 10.4. The molecule has 0 aliphatic carbocycles. The standard InChI is InChI=1S/C16H21N3/c1-14-7-5-11-18-16(14)19(12-6-10-17)13-15-8-3-2-4-9-15/h2-5,7-9,11H,6,10,12-13,17H2,1H3. The molecule has 0 spiro atoms. The van der Waals surface area contributed by atoms with Gasteiger partial charge in [-0.1, -0.05) is 36.4 Å². The van der Waals surface area contributed by atoms with Gasteiger partial charge in [0, 0.05) is 19.3 Å². The van der Waals surface area contributed by atoms with E-state index in [4.69, 9.17) is 5.73 Å². The lowest BCUT2D eigenvalue weighted by atomic mass is 10.2. The van der Waals surface area contributed by atoms with Crippen LogP contribution in [0, 0.1) is 6.92 Å². The Kier molecular flexibility index (Phi) is 4.93. The van der Waals surface area contributed by atoms with E-state index in [1.54, 1.807) is 0 Å². The van der Waals surface area contributed by atoms with Gasteiger partial charge < -0.3 is 10.6 Å². The van der Waals surface area contributed by atoms with Gasteiger partial charge >= 0.3 is 0 Å². The van der Waals surface area contributed by atoms with E-state index in [0.29, 0.717) is 6.54 Å². The van der Waals surface area contributed by atoms with E-state index < -0.39 is 0 Å². The van der Waals surface area contributed by atoms with Crippen LogP contribution in [0.4, 0.5) is 5.82 Å². The van der Waals surface area contributed by atoms with Crippen LogP contribution in [0.25, 0.3) is 0 Å². The predicted octanol–water partition coefficient (Wildman–Crippen LogP) is 2.75. The number of rotatable bonds is 6. The number of nitrogens with two attached hydrogens (primary N) is 1. The number of anilines is 1. The van der Waals surface area contributed by atoms with Gasteiger partial charge in [0.25, 0.3) is 0 Å². The summed E-state index contributed by atoms with van der Waals surface area (Å²) in [5.41, 5.74) is 8.14. The van der Waals surface area contributed by atoms with Crippen molar-refractivity contribution in [2.24, 2.45) is 5.73 Å². The summed E-state index contributed by atoms with van der Waals surface area (Å²) in [4.78, 5) is 6.82. The highest BCUT2D eigenvalue weighted by molar-refractivity contribution is 5.46. The Bertz CT molecular complexity index is 496. The van der Waals surface area contributed by atoms with E-state index in [2.05, 4.69) is 47.1 Å². The molecule has 19 heavy (non-hydrogen) atoms. The van der Waals surface area contributed by atoms with Crippen LogP contribution in [0.5, 0.6) is 0 Å². The highest BCUT2D eigenvalue weighted by Gasteiger charge is 2.10. The minimum absolute atomic E-state index is 0.706. The molecular formula is C16H21N3. The van der Waals surface area contributed by atoms with E-state index >= 15 is 0 Å². The summed E-state index contributed by atoms with van der Waals surface area (Å²) in [6, 6.07) is 14.6. The number of hydrogen-bond donors (Lipinski definition) is 1. The van der Waals surface area contributed by atoms with E-state index in [1.807, 2.05) is 18.3 Å². The second-order valence-corrected chi connectivity index (χ2v) is 4.69. The minimum Gasteiger partial charge on any atom is -0.352 e. The molecule has 100 valence electrons. The summed E-state index contributed by atoms with van der Waals surface area (Å²) in [5.74, 6) is 1.06. The summed E-state index contributed by atoms with van der Waals surface area (Å²) >= 11 is 0. The summed E-state index contributed by atoms with van der Waals surface area (Å²) in [6.45, 7) is 4.61. The Labute approximate surface area is 115 Å². The largest absolute Gasteiger partial charge is 0.352 e. The Morgan fingerprint density at radius 3 is 2.58 bits per heavy atom. The van der Waals surface area contributed by atoms with Gasteiger partial charge in [0.2, 0.25) is 0 Å². The third kappa shape index (κ3) is 3.80. The smallest absolute Gasteiger partial charge is 0.131 e. The van der Waals surface area contributed by atoms with Crippen LogP contribution in [0.2, 0.25) is 0 Å². The van der Waals surface area contributed by atoms with Crippen LogP contribution in [-0.4, -0.2) is 18.1 Å². The second kappa shape index (κ2) is 6.90. The molecule has 0 fully saturated rings. The van der Waals surface area contributed by atoms with Gasteiger partial charge in [0.05, 0.1) is 0 Å². The molecule has 1 aromatic heterocycles. The summed E-state index contributed by atoms with van der Waals surface area (Å²) in [5, 5.41) is 0. The van der Waals surface area contributed by atoms with Gasteiger partial charge in [0.15, 0.2) is 0 Å². The highest BCUT2D eigenvalue weighted by atomic mass is 15.2. The molecule has 0 atom stereocenters. The van der Waals surface area contributed by atoms with Gasteiger partial charge in [0.1, 0.15) is 5.82 Å². The fourth-order valence-corrected chi connectivity index (χ4v) is 2.15. The quantitative estimate of drug-likeness (QED) is 0.863. The lowest BCUT2D eigenvalue weighted by Gasteiger charge is -2.25. The zero-order chi connectivity index (χ0) is 13.5. The molecule has 0 aliphatic heterocycles. The molecule has 0 saturated carbocycles. The Morgan fingerprint density at radius 2 is 1.89 bits per heavy atom. The maximum absolute atomic E-state index is 5.64. The minimum atomic E-state index is 0.706. The maximum Gasteiger partial charge on any atom is 0.131 e. The molecule has 3 heteroatoms. The topological polar surface area (TPSA) is 42.2 Å². The molecule has 0 saturated heterocycles. The van der Waals surface area contributed by atoms with Crippen molar-refractivity contribution < 1.29 is 0 Å². The van der Waals surface area contributed by atoms with Crippen molar-refractivity contribution in [3.05, 3.63) is 59.8 Å². The van der Waals surface area contributed by atoms with Crippen molar-refractivity contribution in [1.82, 2.24) is 4.98 Å². The number of hydrogen-bond acceptors (Lipinski definition) is 3. The zero-order valence-electron chi connectivity index (χ0n) is 11.4. The second-order valence-electron chi connectivity index (χ2n) is 4.69. The SMILES string of the molecule is Cc1cccnc1N(CCCN)Cc1ccccc1. The van der Waals surface area contributed by atoms with E-state index in [1.165, 1.54) is 11.1 Å². The molecule has 0 radical (unpaired) electrons. The molecule has 2 rings (SSSR count). The van der Waals surface area contributed by atoms with Crippen molar-refractivity contribution in [3.63, 3.8) is 0 Å². The van der Waals surface area contributed by atoms with Gasteiger partial charge in [-0.15, -0.1) is 0 Å². The van der Waals surface area contributed by atoms with Crippen LogP contribution in [-0.2, 0) is 6.54 Å². The molecule has 2 aromatic rings. The zero-order valence-corrected chi connectivity index (χ0v) is 11.4. The molecule has 2 N–H and O–H groups in total. The van der Waals surface area contributed by atoms with Crippen molar-refractivity contribution in [1.29, 1.82) is 0 Å². The molecule has 1 heterocycles. The Hall–Kier alpha value is -1.87. The van der Waals surface area contributed by atoms with Crippen molar-refractivity contribution in [3.8, 4) is 0 Å². The number of benzene rings is 1. The summed E-state index contributed by atoms with van der Waals surface area (Å²) in [7, 11) is 0. The van der Waals surface area contributed by atoms with Crippen LogP contribution in [0.3, 0.4) is 0 Å². The van der Waals surface area contributed by atoms with Crippen LogP contribution < -0.4 is 10.6 Å². The van der Waals surface area contributed by atoms with E-state index in [0.717, 1.165) is 25.3 Å². The molecule has 0 aliphatic rings. The first-order valence-electron chi connectivity index (χ1n) is 6.72. The van der Waals surface area contributed by atoms with Crippen LogP contribution in [0.1, 0.15) is 17.5 Å². The predicted molar refractivity (Wildman–Crippen MR) is 80.1 cm³/mol. The number of pyridine rings is 1. The average Bonchev–Trinajstić information content (AvgIpc) is 2.45. The first kappa shape index (κ1) is 13.6. The van der Waals surface area contributed by atoms with Crippen molar-refractivity contribution in [2.45, 2.75) is 19.9 Å². The fraction of sp³-hybridized carbons (Fsp3) is 0.312. The summed E-state index contributed by atoms with van der Waals surface area (Å²) in [6.07, 6.45) is 2.83. The molecule has 1 aromatic carbocycles. The first-order chi connectivity index (χ1) is 9.31. The van der Waals surface area contributed by atoms with Crippen molar-refractivity contribution in [2.75, 3.05) is 18.0 Å². The average molecular weight is 255 g/mol. The monoisotopic (exact) mass is 255 g/mol. The highest BCUT2D eigenvalue weighted by Crippen LogP contribution is 2.18. The Balaban J connectivity index is 2.19. The van der Waals surface area contributed by atoms with Gasteiger partial charge in [-0.05, 0) is 37.1 Å². The number of nitrogens with zero attached hydrogens (tertiary/aromatic N) is 2. The van der Waals surface area contributed by atoms with Gasteiger partial charge in [-0.3, -0.25) is 0 Å². The number of aryl methyl sites for hydroxylation is 1. The Morgan fingerprint density at radius 1 is 1.11 bits per heavy atom. The molecular weight excluding hydrogens is 234 g/mol.